The van der Waals surface area contributed by atoms with Crippen LogP contribution in [0.1, 0.15) is 295 Å². The molecular weight excluding hydrogens is 697 g/mol. The van der Waals surface area contributed by atoms with E-state index >= 15 is 0 Å². The van der Waals surface area contributed by atoms with Crippen LogP contribution >= 0.6 is 0 Å². The minimum Gasteiger partial charge on any atom is -0.481 e. The van der Waals surface area contributed by atoms with Crippen molar-refractivity contribution < 1.29 is 15.0 Å². The highest BCUT2D eigenvalue weighted by Crippen LogP contribution is 2.10. The zero-order valence-electron chi connectivity index (χ0n) is 45.4. The van der Waals surface area contributed by atoms with E-state index in [1.165, 1.54) is 96.3 Å². The minimum absolute atomic E-state index is 0.0648. The van der Waals surface area contributed by atoms with Crippen LogP contribution < -0.4 is 0 Å². The molecule has 57 heavy (non-hydrogen) atoms. The largest absolute Gasteiger partial charge is 0.481 e. The Bertz CT molecular complexity index is 470. The molecule has 0 fully saturated rings. The third-order valence-corrected chi connectivity index (χ3v) is 12.3. The monoisotopic (exact) mass is 821 g/mol. The van der Waals surface area contributed by atoms with Crippen molar-refractivity contribution in [1.82, 2.24) is 0 Å². The van der Waals surface area contributed by atoms with Gasteiger partial charge in [-0.2, -0.15) is 0 Å². The fourth-order valence-corrected chi connectivity index (χ4v) is 3.33. The van der Waals surface area contributed by atoms with Crippen molar-refractivity contribution in [3.8, 4) is 0 Å². The summed E-state index contributed by atoms with van der Waals surface area (Å²) < 4.78 is 0. The SMILES string of the molecule is CCC(C)CC.CCC(C)CC.CCC(C)CC.CCC(C)CC.CCC(C)CC.CCC(C)CC.CCC(C)CC(=O)O.CCC(CC)CC.CCC(O)CC. The maximum Gasteiger partial charge on any atom is 0.303 e. The van der Waals surface area contributed by atoms with Crippen LogP contribution in [0.25, 0.3) is 0 Å². The molecule has 0 aromatic carbocycles. The van der Waals surface area contributed by atoms with E-state index in [4.69, 9.17) is 10.2 Å². The molecule has 1 unspecified atom stereocenters. The predicted octanol–water partition coefficient (Wildman–Crippen LogP) is 20.2. The Morgan fingerprint density at radius 3 is 0.474 bits per heavy atom. The number of carboxylic acids is 1. The fourth-order valence-electron chi connectivity index (χ4n) is 3.33. The van der Waals surface area contributed by atoms with Crippen LogP contribution in [0.15, 0.2) is 0 Å². The fraction of sp³-hybridized carbons (Fsp3) is 0.981. The van der Waals surface area contributed by atoms with Crippen LogP contribution in [0.2, 0.25) is 0 Å². The maximum absolute atomic E-state index is 9.97. The van der Waals surface area contributed by atoms with Crippen molar-refractivity contribution in [3.05, 3.63) is 0 Å². The Morgan fingerprint density at radius 1 is 0.298 bits per heavy atom. The number of aliphatic hydroxyl groups excluding tert-OH is 1. The number of aliphatic hydroxyl groups is 1. The summed E-state index contributed by atoms with van der Waals surface area (Å²) in [6, 6.07) is 0. The Kier molecular flexibility index (Phi) is 94.7. The molecule has 0 heterocycles. The molecule has 3 heteroatoms. The average Bonchev–Trinajstić information content (AvgIpc) is 3.25. The van der Waals surface area contributed by atoms with E-state index in [0.29, 0.717) is 12.3 Å². The maximum atomic E-state index is 9.97. The number of hydrogen-bond acceptors (Lipinski definition) is 2. The van der Waals surface area contributed by atoms with Crippen molar-refractivity contribution in [2.45, 2.75) is 301 Å². The summed E-state index contributed by atoms with van der Waals surface area (Å²) in [6.07, 6.45) is 23.0. The van der Waals surface area contributed by atoms with Gasteiger partial charge in [0.25, 0.3) is 0 Å². The van der Waals surface area contributed by atoms with Gasteiger partial charge in [-0.15, -0.1) is 0 Å². The highest BCUT2D eigenvalue weighted by molar-refractivity contribution is 5.66. The van der Waals surface area contributed by atoms with E-state index < -0.39 is 5.97 Å². The zero-order chi connectivity index (χ0) is 47.2. The van der Waals surface area contributed by atoms with Gasteiger partial charge in [-0.3, -0.25) is 4.79 Å². The van der Waals surface area contributed by atoms with Crippen LogP contribution in [-0.2, 0) is 4.79 Å². The molecular formula is C54H124O3. The first-order valence-electron chi connectivity index (χ1n) is 25.6. The second kappa shape index (κ2) is 70.0. The number of rotatable bonds is 20. The second-order valence-electron chi connectivity index (χ2n) is 17.2. The van der Waals surface area contributed by atoms with Crippen LogP contribution in [-0.4, -0.2) is 22.3 Å². The first-order chi connectivity index (χ1) is 26.7. The summed E-state index contributed by atoms with van der Waals surface area (Å²) in [4.78, 5) is 9.97. The van der Waals surface area contributed by atoms with Gasteiger partial charge in [-0.1, -0.05) is 276 Å². The summed E-state index contributed by atoms with van der Waals surface area (Å²) in [5.41, 5.74) is 0. The molecule has 0 aliphatic rings. The van der Waals surface area contributed by atoms with Crippen molar-refractivity contribution in [3.63, 3.8) is 0 Å². The lowest BCUT2D eigenvalue weighted by atomic mass is 10.0. The molecule has 0 aromatic rings. The van der Waals surface area contributed by atoms with E-state index in [2.05, 4.69) is 145 Å². The molecule has 3 nitrogen and oxygen atoms in total. The van der Waals surface area contributed by atoms with E-state index in [1.54, 1.807) is 0 Å². The van der Waals surface area contributed by atoms with Crippen molar-refractivity contribution in [2.24, 2.45) is 47.3 Å². The highest BCUT2D eigenvalue weighted by atomic mass is 16.4. The molecule has 2 N–H and O–H groups in total. The third-order valence-electron chi connectivity index (χ3n) is 12.3. The summed E-state index contributed by atoms with van der Waals surface area (Å²) in [5, 5.41) is 16.9. The molecule has 0 rings (SSSR count). The van der Waals surface area contributed by atoms with Gasteiger partial charge in [0.05, 0.1) is 6.10 Å². The van der Waals surface area contributed by atoms with Crippen molar-refractivity contribution in [1.29, 1.82) is 0 Å². The molecule has 0 aromatic heterocycles. The van der Waals surface area contributed by atoms with Gasteiger partial charge in [0.1, 0.15) is 0 Å². The number of hydrogen-bond donors (Lipinski definition) is 2. The average molecular weight is 822 g/mol. The van der Waals surface area contributed by atoms with Gasteiger partial charge >= 0.3 is 5.97 Å². The van der Waals surface area contributed by atoms with E-state index in [1.807, 2.05) is 27.7 Å². The molecule has 0 radical (unpaired) electrons. The third kappa shape index (κ3) is 102. The van der Waals surface area contributed by atoms with Gasteiger partial charge in [-0.05, 0) is 60.2 Å². The molecule has 0 amide bonds. The summed E-state index contributed by atoms with van der Waals surface area (Å²) in [5.74, 6) is 6.23. The molecule has 0 bridgehead atoms. The lowest BCUT2D eigenvalue weighted by molar-refractivity contribution is -0.138. The Balaban J connectivity index is -0.0000000651. The smallest absolute Gasteiger partial charge is 0.303 e. The number of carbonyl (C=O) groups is 1. The predicted molar refractivity (Wildman–Crippen MR) is 271 cm³/mol. The Morgan fingerprint density at radius 2 is 0.456 bits per heavy atom. The quantitative estimate of drug-likeness (QED) is 0.129. The Labute approximate surface area is 368 Å². The van der Waals surface area contributed by atoms with Crippen LogP contribution in [0.4, 0.5) is 0 Å². The number of carboxylic acid groups (broad SMARTS) is 1. The van der Waals surface area contributed by atoms with Gasteiger partial charge in [0.2, 0.25) is 0 Å². The Hall–Kier alpha value is -0.570. The van der Waals surface area contributed by atoms with Crippen molar-refractivity contribution in [2.75, 3.05) is 0 Å². The topological polar surface area (TPSA) is 57.5 Å². The molecule has 0 saturated carbocycles. The second-order valence-corrected chi connectivity index (χ2v) is 17.2. The standard InChI is InChI=1S/C7H16.C6H12O2.6C6H14.C5H12O/c1-4-7(5-2)6-3;1-3-5(2)4-6(7)8;6*1-4-6(3)5-2;1-3-5(6)4-2/h7H,4-6H2,1-3H3;5H,3-4H2,1-2H3,(H,7,8);6*6H,4-5H2,1-3H3;5-6H,3-4H2,1-2H3. The molecule has 0 aliphatic heterocycles. The first kappa shape index (κ1) is 77.1. The van der Waals surface area contributed by atoms with Crippen LogP contribution in [0, 0.1) is 47.3 Å². The molecule has 1 atom stereocenters. The summed E-state index contributed by atoms with van der Waals surface area (Å²) in [6.45, 7) is 55.1. The molecule has 0 saturated heterocycles. The van der Waals surface area contributed by atoms with E-state index in [-0.39, 0.29) is 6.10 Å². The zero-order valence-corrected chi connectivity index (χ0v) is 45.4. The first-order valence-corrected chi connectivity index (χ1v) is 25.6. The van der Waals surface area contributed by atoms with Gasteiger partial charge < -0.3 is 10.2 Å². The lowest BCUT2D eigenvalue weighted by Gasteiger charge is -2.05. The summed E-state index contributed by atoms with van der Waals surface area (Å²) >= 11 is 0. The normalized spacial score (nSPS) is 10.5. The van der Waals surface area contributed by atoms with Gasteiger partial charge in [-0.25, -0.2) is 0 Å². The van der Waals surface area contributed by atoms with E-state index in [0.717, 1.165) is 60.7 Å². The minimum atomic E-state index is -0.695. The van der Waals surface area contributed by atoms with Gasteiger partial charge in [0, 0.05) is 6.42 Å². The molecule has 0 aliphatic carbocycles. The van der Waals surface area contributed by atoms with E-state index in [9.17, 15) is 4.79 Å². The van der Waals surface area contributed by atoms with Crippen LogP contribution in [0.5, 0.6) is 0 Å². The molecule has 358 valence electrons. The number of aliphatic carboxylic acids is 1. The highest BCUT2D eigenvalue weighted by Gasteiger charge is 2.03. The van der Waals surface area contributed by atoms with Crippen LogP contribution in [0.3, 0.4) is 0 Å². The molecule has 0 spiro atoms. The van der Waals surface area contributed by atoms with Crippen molar-refractivity contribution >= 4 is 5.97 Å². The summed E-state index contributed by atoms with van der Waals surface area (Å²) in [7, 11) is 0. The lowest BCUT2D eigenvalue weighted by Crippen LogP contribution is -2.02. The van der Waals surface area contributed by atoms with Gasteiger partial charge in [0.15, 0.2) is 0 Å².